The van der Waals surface area contributed by atoms with Gasteiger partial charge in [-0.1, -0.05) is 30.3 Å². The number of fused-ring (bicyclic) bond motifs is 1. The Morgan fingerprint density at radius 3 is 2.74 bits per heavy atom. The molecule has 138 valence electrons. The second-order valence-electron chi connectivity index (χ2n) is 7.19. The van der Waals surface area contributed by atoms with Crippen molar-refractivity contribution in [3.63, 3.8) is 0 Å². The van der Waals surface area contributed by atoms with Crippen LogP contribution in [0.4, 0.5) is 5.69 Å². The summed E-state index contributed by atoms with van der Waals surface area (Å²) in [5, 5.41) is 7.01. The average Bonchev–Trinajstić information content (AvgIpc) is 3.46. The van der Waals surface area contributed by atoms with Crippen LogP contribution in [0.15, 0.2) is 48.5 Å². The molecule has 0 saturated heterocycles. The normalized spacial score (nSPS) is 13.5. The van der Waals surface area contributed by atoms with E-state index in [0.717, 1.165) is 46.3 Å². The van der Waals surface area contributed by atoms with Crippen LogP contribution in [0, 0.1) is 12.8 Å². The molecule has 0 aliphatic heterocycles. The van der Waals surface area contributed by atoms with Gasteiger partial charge in [-0.25, -0.2) is 0 Å². The van der Waals surface area contributed by atoms with Crippen molar-refractivity contribution in [3.05, 3.63) is 65.4 Å². The lowest BCUT2D eigenvalue weighted by molar-refractivity contribution is -0.120. The molecule has 5 nitrogen and oxygen atoms in total. The highest BCUT2D eigenvalue weighted by Gasteiger charge is 2.29. The fourth-order valence-corrected chi connectivity index (χ4v) is 3.34. The van der Waals surface area contributed by atoms with E-state index in [2.05, 4.69) is 15.6 Å². The number of amides is 2. The number of anilines is 1. The SMILES string of the molecule is Cc1[nH]c2ccccc2c1CC(=O)NCc1cccc(NC(=O)C2CC2)c1. The number of aromatic nitrogens is 1. The number of para-hydroxylation sites is 1. The number of rotatable bonds is 6. The van der Waals surface area contributed by atoms with E-state index in [1.54, 1.807) is 0 Å². The lowest BCUT2D eigenvalue weighted by atomic mass is 10.1. The van der Waals surface area contributed by atoms with Gasteiger partial charge in [0.15, 0.2) is 0 Å². The van der Waals surface area contributed by atoms with Gasteiger partial charge in [-0.05, 0) is 49.1 Å². The van der Waals surface area contributed by atoms with Crippen LogP contribution in [0.2, 0.25) is 0 Å². The Morgan fingerprint density at radius 1 is 1.11 bits per heavy atom. The zero-order valence-electron chi connectivity index (χ0n) is 15.3. The Morgan fingerprint density at radius 2 is 1.93 bits per heavy atom. The van der Waals surface area contributed by atoms with Gasteiger partial charge in [0.1, 0.15) is 0 Å². The number of aryl methyl sites for hydroxylation is 1. The predicted octanol–water partition coefficient (Wildman–Crippen LogP) is 3.68. The van der Waals surface area contributed by atoms with Crippen molar-refractivity contribution < 1.29 is 9.59 Å². The van der Waals surface area contributed by atoms with Crippen LogP contribution in [0.5, 0.6) is 0 Å². The number of hydrogen-bond donors (Lipinski definition) is 3. The minimum absolute atomic E-state index is 0.0183. The highest BCUT2D eigenvalue weighted by atomic mass is 16.2. The topological polar surface area (TPSA) is 74.0 Å². The first-order chi connectivity index (χ1) is 13.1. The first kappa shape index (κ1) is 17.3. The van der Waals surface area contributed by atoms with Crippen LogP contribution in [0.1, 0.15) is 29.7 Å². The van der Waals surface area contributed by atoms with Gasteiger partial charge in [-0.3, -0.25) is 9.59 Å². The van der Waals surface area contributed by atoms with E-state index in [4.69, 9.17) is 0 Å². The summed E-state index contributed by atoms with van der Waals surface area (Å²) in [7, 11) is 0. The molecule has 1 heterocycles. The summed E-state index contributed by atoms with van der Waals surface area (Å²) >= 11 is 0. The molecule has 27 heavy (non-hydrogen) atoms. The molecular formula is C22H23N3O2. The zero-order valence-corrected chi connectivity index (χ0v) is 15.3. The van der Waals surface area contributed by atoms with Gasteiger partial charge in [0.25, 0.3) is 0 Å². The van der Waals surface area contributed by atoms with Crippen LogP contribution in [-0.2, 0) is 22.6 Å². The lowest BCUT2D eigenvalue weighted by Gasteiger charge is -2.09. The molecule has 3 aromatic rings. The first-order valence-electron chi connectivity index (χ1n) is 9.33. The van der Waals surface area contributed by atoms with Crippen LogP contribution in [0.3, 0.4) is 0 Å². The van der Waals surface area contributed by atoms with E-state index in [0.29, 0.717) is 13.0 Å². The summed E-state index contributed by atoms with van der Waals surface area (Å²) in [4.78, 5) is 27.7. The van der Waals surface area contributed by atoms with Crippen molar-refractivity contribution in [1.29, 1.82) is 0 Å². The summed E-state index contributed by atoms with van der Waals surface area (Å²) in [6.07, 6.45) is 2.30. The number of benzene rings is 2. The number of H-pyrrole nitrogens is 1. The third-order valence-corrected chi connectivity index (χ3v) is 5.00. The molecule has 4 rings (SSSR count). The molecule has 0 bridgehead atoms. The molecule has 1 aromatic heterocycles. The monoisotopic (exact) mass is 361 g/mol. The maximum atomic E-state index is 12.4. The third kappa shape index (κ3) is 4.03. The van der Waals surface area contributed by atoms with Crippen molar-refractivity contribution >= 4 is 28.4 Å². The predicted molar refractivity (Wildman–Crippen MR) is 106 cm³/mol. The summed E-state index contributed by atoms with van der Waals surface area (Å²) in [6.45, 7) is 2.43. The minimum Gasteiger partial charge on any atom is -0.358 e. The number of hydrogen-bond acceptors (Lipinski definition) is 2. The van der Waals surface area contributed by atoms with Gasteiger partial charge in [-0.15, -0.1) is 0 Å². The first-order valence-corrected chi connectivity index (χ1v) is 9.33. The van der Waals surface area contributed by atoms with Crippen molar-refractivity contribution in [2.24, 2.45) is 5.92 Å². The van der Waals surface area contributed by atoms with Crippen LogP contribution < -0.4 is 10.6 Å². The van der Waals surface area contributed by atoms with E-state index >= 15 is 0 Å². The Labute approximate surface area is 158 Å². The molecule has 3 N–H and O–H groups in total. The Hall–Kier alpha value is -3.08. The van der Waals surface area contributed by atoms with Gasteiger partial charge in [-0.2, -0.15) is 0 Å². The molecule has 1 fully saturated rings. The summed E-state index contributed by atoms with van der Waals surface area (Å²) in [5.41, 5.74) is 4.86. The van der Waals surface area contributed by atoms with Gasteiger partial charge in [0.2, 0.25) is 11.8 Å². The Bertz CT molecular complexity index is 1000. The van der Waals surface area contributed by atoms with E-state index in [1.165, 1.54) is 0 Å². The van der Waals surface area contributed by atoms with Crippen molar-refractivity contribution in [3.8, 4) is 0 Å². The Balaban J connectivity index is 1.37. The van der Waals surface area contributed by atoms with E-state index in [9.17, 15) is 9.59 Å². The van der Waals surface area contributed by atoms with Crippen molar-refractivity contribution in [2.75, 3.05) is 5.32 Å². The fourth-order valence-electron chi connectivity index (χ4n) is 3.34. The quantitative estimate of drug-likeness (QED) is 0.626. The van der Waals surface area contributed by atoms with Gasteiger partial charge in [0, 0.05) is 34.7 Å². The molecule has 2 amide bonds. The minimum atomic E-state index is -0.0183. The molecule has 2 aromatic carbocycles. The summed E-state index contributed by atoms with van der Waals surface area (Å²) in [5.74, 6) is 0.244. The molecule has 1 aliphatic carbocycles. The van der Waals surface area contributed by atoms with Crippen molar-refractivity contribution in [2.45, 2.75) is 32.7 Å². The zero-order chi connectivity index (χ0) is 18.8. The van der Waals surface area contributed by atoms with E-state index < -0.39 is 0 Å². The average molecular weight is 361 g/mol. The Kier molecular flexibility index (Phi) is 4.67. The van der Waals surface area contributed by atoms with Crippen LogP contribution in [-0.4, -0.2) is 16.8 Å². The number of nitrogens with one attached hydrogen (secondary N) is 3. The van der Waals surface area contributed by atoms with Gasteiger partial charge >= 0.3 is 0 Å². The third-order valence-electron chi connectivity index (χ3n) is 5.00. The molecule has 0 spiro atoms. The standard InChI is InChI=1S/C22H23N3O2/c1-14-19(18-7-2-3-8-20(18)24-14)12-21(26)23-13-15-5-4-6-17(11-15)25-22(27)16-9-10-16/h2-8,11,16,24H,9-10,12-13H2,1H3,(H,23,26)(H,25,27). The van der Waals surface area contributed by atoms with Gasteiger partial charge < -0.3 is 15.6 Å². The van der Waals surface area contributed by atoms with E-state index in [-0.39, 0.29) is 17.7 Å². The second kappa shape index (κ2) is 7.27. The largest absolute Gasteiger partial charge is 0.358 e. The molecule has 1 saturated carbocycles. The molecular weight excluding hydrogens is 338 g/mol. The second-order valence-corrected chi connectivity index (χ2v) is 7.19. The molecule has 1 aliphatic rings. The van der Waals surface area contributed by atoms with Crippen molar-refractivity contribution in [1.82, 2.24) is 10.3 Å². The molecule has 0 radical (unpaired) electrons. The molecule has 5 heteroatoms. The maximum Gasteiger partial charge on any atom is 0.227 e. The summed E-state index contributed by atoms with van der Waals surface area (Å²) < 4.78 is 0. The number of carbonyl (C=O) groups is 2. The number of aromatic amines is 1. The van der Waals surface area contributed by atoms with Crippen LogP contribution in [0.25, 0.3) is 10.9 Å². The fraction of sp³-hybridized carbons (Fsp3) is 0.273. The van der Waals surface area contributed by atoms with Crippen LogP contribution >= 0.6 is 0 Å². The summed E-state index contributed by atoms with van der Waals surface area (Å²) in [6, 6.07) is 15.7. The lowest BCUT2D eigenvalue weighted by Crippen LogP contribution is -2.24. The van der Waals surface area contributed by atoms with Gasteiger partial charge in [0.05, 0.1) is 6.42 Å². The highest BCUT2D eigenvalue weighted by molar-refractivity contribution is 5.94. The highest BCUT2D eigenvalue weighted by Crippen LogP contribution is 2.30. The maximum absolute atomic E-state index is 12.4. The molecule has 0 unspecified atom stereocenters. The molecule has 0 atom stereocenters. The smallest absolute Gasteiger partial charge is 0.227 e. The van der Waals surface area contributed by atoms with E-state index in [1.807, 2.05) is 55.5 Å². The number of carbonyl (C=O) groups excluding carboxylic acids is 2.